The number of carbonyl (C=O) groups excluding carboxylic acids is 3. The van der Waals surface area contributed by atoms with Gasteiger partial charge in [-0.25, -0.2) is 0 Å². The average molecular weight is 503 g/mol. The van der Waals surface area contributed by atoms with Gasteiger partial charge in [0.2, 0.25) is 0 Å². The van der Waals surface area contributed by atoms with Gasteiger partial charge in [-0.05, 0) is 97.7 Å². The summed E-state index contributed by atoms with van der Waals surface area (Å²) in [6.07, 6.45) is 10.0. The second-order valence-corrected chi connectivity index (χ2v) is 13.8. The molecule has 204 valence electrons. The van der Waals surface area contributed by atoms with Crippen molar-refractivity contribution in [2.24, 2.45) is 52.3 Å². The van der Waals surface area contributed by atoms with Crippen LogP contribution >= 0.6 is 0 Å². The van der Waals surface area contributed by atoms with Crippen molar-refractivity contribution >= 4 is 17.7 Å². The summed E-state index contributed by atoms with van der Waals surface area (Å²) < 4.78 is 11.7. The van der Waals surface area contributed by atoms with Gasteiger partial charge in [-0.2, -0.15) is 0 Å². The maximum Gasteiger partial charge on any atom is 0.302 e. The third kappa shape index (κ3) is 5.01. The van der Waals surface area contributed by atoms with E-state index in [9.17, 15) is 14.4 Å². The van der Waals surface area contributed by atoms with Crippen LogP contribution in [-0.2, 0) is 23.9 Å². The molecule has 0 aliphatic heterocycles. The van der Waals surface area contributed by atoms with Gasteiger partial charge in [-0.1, -0.05) is 34.6 Å². The van der Waals surface area contributed by atoms with Crippen molar-refractivity contribution in [3.8, 4) is 0 Å². The van der Waals surface area contributed by atoms with Crippen molar-refractivity contribution < 1.29 is 23.9 Å². The molecule has 3 unspecified atom stereocenters. The van der Waals surface area contributed by atoms with Gasteiger partial charge < -0.3 is 9.47 Å². The smallest absolute Gasteiger partial charge is 0.302 e. The first-order valence-electron chi connectivity index (χ1n) is 14.7. The highest BCUT2D eigenvalue weighted by Crippen LogP contribution is 2.68. The van der Waals surface area contributed by atoms with E-state index in [1.807, 2.05) is 0 Å². The van der Waals surface area contributed by atoms with E-state index in [0.29, 0.717) is 53.6 Å². The van der Waals surface area contributed by atoms with E-state index in [0.717, 1.165) is 32.1 Å². The van der Waals surface area contributed by atoms with E-state index in [2.05, 4.69) is 34.6 Å². The van der Waals surface area contributed by atoms with Crippen molar-refractivity contribution in [2.45, 2.75) is 125 Å². The number of hydrogen-bond donors (Lipinski definition) is 0. The number of esters is 2. The van der Waals surface area contributed by atoms with Crippen LogP contribution in [0.5, 0.6) is 0 Å². The Morgan fingerprint density at radius 2 is 1.64 bits per heavy atom. The normalized spacial score (nSPS) is 41.6. The summed E-state index contributed by atoms with van der Waals surface area (Å²) in [7, 11) is 0. The molecule has 0 spiro atoms. The Morgan fingerprint density at radius 1 is 0.944 bits per heavy atom. The lowest BCUT2D eigenvalue weighted by Crippen LogP contribution is -2.59. The first kappa shape index (κ1) is 27.6. The molecule has 5 heteroatoms. The van der Waals surface area contributed by atoms with Gasteiger partial charge in [-0.15, -0.1) is 0 Å². The van der Waals surface area contributed by atoms with Crippen molar-refractivity contribution in [1.82, 2.24) is 0 Å². The molecular weight excluding hydrogens is 452 g/mol. The Kier molecular flexibility index (Phi) is 7.99. The predicted octanol–water partition coefficient (Wildman–Crippen LogP) is 6.76. The van der Waals surface area contributed by atoms with E-state index >= 15 is 0 Å². The molecule has 0 radical (unpaired) electrons. The first-order chi connectivity index (χ1) is 16.9. The summed E-state index contributed by atoms with van der Waals surface area (Å²) in [6.45, 7) is 14.7. The lowest BCUT2D eigenvalue weighted by molar-refractivity contribution is -0.189. The molecule has 5 nitrogen and oxygen atoms in total. The maximum absolute atomic E-state index is 12.4. The van der Waals surface area contributed by atoms with Crippen molar-refractivity contribution in [3.63, 3.8) is 0 Å². The van der Waals surface area contributed by atoms with Crippen molar-refractivity contribution in [3.05, 3.63) is 0 Å². The summed E-state index contributed by atoms with van der Waals surface area (Å²) in [5, 5.41) is 0. The van der Waals surface area contributed by atoms with Gasteiger partial charge >= 0.3 is 11.9 Å². The maximum atomic E-state index is 12.4. The largest absolute Gasteiger partial charge is 0.462 e. The zero-order chi connectivity index (χ0) is 26.4. The monoisotopic (exact) mass is 502 g/mol. The van der Waals surface area contributed by atoms with Gasteiger partial charge in [0.25, 0.3) is 0 Å². The number of ether oxygens (including phenoxy) is 2. The fourth-order valence-electron chi connectivity index (χ4n) is 9.67. The van der Waals surface area contributed by atoms with E-state index in [1.165, 1.54) is 32.6 Å². The van der Waals surface area contributed by atoms with Crippen LogP contribution in [0.3, 0.4) is 0 Å². The van der Waals surface area contributed by atoms with Crippen LogP contribution < -0.4 is 0 Å². The van der Waals surface area contributed by atoms with Crippen molar-refractivity contribution in [1.29, 1.82) is 0 Å². The van der Waals surface area contributed by atoms with Crippen molar-refractivity contribution in [2.75, 3.05) is 0 Å². The third-order valence-corrected chi connectivity index (χ3v) is 11.5. The molecule has 0 heterocycles. The molecule has 4 fully saturated rings. The summed E-state index contributed by atoms with van der Waals surface area (Å²) in [5.74, 6) is 3.43. The Hall–Kier alpha value is -1.39. The first-order valence-corrected chi connectivity index (χ1v) is 14.7. The number of fused-ring (bicyclic) bond motifs is 5. The molecule has 36 heavy (non-hydrogen) atoms. The zero-order valence-electron chi connectivity index (χ0n) is 23.8. The highest BCUT2D eigenvalue weighted by Gasteiger charge is 2.63. The summed E-state index contributed by atoms with van der Waals surface area (Å²) in [4.78, 5) is 36.2. The standard InChI is InChI=1S/C31H50O5/c1-18(2)27(35-20(4)32)11-8-19(3)24-9-10-25-29-26(13-15-31(24,25)7)30(6)14-12-23(34)16-22(30)17-28(29)36-21(5)33/h18-19,22,24-29H,8-17H2,1-7H3/t19-,22?,24-,25+,26+,27?,28?,29+,30+,31-/m1/s1. The molecule has 4 saturated carbocycles. The van der Waals surface area contributed by atoms with Gasteiger partial charge in [0.15, 0.2) is 0 Å². The fraction of sp³-hybridized carbons (Fsp3) is 0.903. The highest BCUT2D eigenvalue weighted by atomic mass is 16.5. The molecule has 4 rings (SSSR count). The van der Waals surface area contributed by atoms with E-state index in [4.69, 9.17) is 9.47 Å². The second-order valence-electron chi connectivity index (χ2n) is 13.8. The number of carbonyl (C=O) groups is 3. The van der Waals surface area contributed by atoms with E-state index in [-0.39, 0.29) is 35.0 Å². The fourth-order valence-corrected chi connectivity index (χ4v) is 9.67. The van der Waals surface area contributed by atoms with Crippen LogP contribution in [0.25, 0.3) is 0 Å². The molecule has 0 aromatic carbocycles. The lowest BCUT2D eigenvalue weighted by Gasteiger charge is -2.62. The van der Waals surface area contributed by atoms with Crippen LogP contribution in [0.1, 0.15) is 113 Å². The Bertz CT molecular complexity index is 850. The molecule has 4 aliphatic rings. The quantitative estimate of drug-likeness (QED) is 0.360. The Labute approximate surface area is 218 Å². The molecule has 0 saturated heterocycles. The molecule has 0 bridgehead atoms. The summed E-state index contributed by atoms with van der Waals surface area (Å²) in [6, 6.07) is 0. The van der Waals surface area contributed by atoms with Crippen LogP contribution in [-0.4, -0.2) is 29.9 Å². The Balaban J connectivity index is 1.54. The average Bonchev–Trinajstić information content (AvgIpc) is 3.14. The zero-order valence-corrected chi connectivity index (χ0v) is 23.8. The van der Waals surface area contributed by atoms with Gasteiger partial charge in [0.05, 0.1) is 0 Å². The van der Waals surface area contributed by atoms with Crippen LogP contribution in [0, 0.1) is 52.3 Å². The van der Waals surface area contributed by atoms with Gasteiger partial charge in [-0.3, -0.25) is 14.4 Å². The third-order valence-electron chi connectivity index (χ3n) is 11.5. The lowest BCUT2D eigenvalue weighted by atomic mass is 9.43. The van der Waals surface area contributed by atoms with Gasteiger partial charge in [0.1, 0.15) is 18.0 Å². The number of ketones is 1. The van der Waals surface area contributed by atoms with E-state index in [1.54, 1.807) is 6.92 Å². The number of Topliss-reactive ketones (excluding diaryl/α,β-unsaturated/α-hetero) is 1. The molecular formula is C31H50O5. The minimum absolute atomic E-state index is 0.0109. The molecule has 0 aromatic heterocycles. The van der Waals surface area contributed by atoms with Crippen LogP contribution in [0.4, 0.5) is 0 Å². The molecule has 10 atom stereocenters. The topological polar surface area (TPSA) is 69.7 Å². The summed E-state index contributed by atoms with van der Waals surface area (Å²) >= 11 is 0. The van der Waals surface area contributed by atoms with Gasteiger partial charge in [0, 0.05) is 32.6 Å². The van der Waals surface area contributed by atoms with E-state index < -0.39 is 0 Å². The highest BCUT2D eigenvalue weighted by molar-refractivity contribution is 5.79. The molecule has 0 aromatic rings. The minimum atomic E-state index is -0.183. The number of hydrogen-bond acceptors (Lipinski definition) is 5. The van der Waals surface area contributed by atoms with Crippen LogP contribution in [0.2, 0.25) is 0 Å². The molecule has 0 amide bonds. The predicted molar refractivity (Wildman–Crippen MR) is 140 cm³/mol. The molecule has 4 aliphatic carbocycles. The SMILES string of the molecule is CC(=O)OC(CC[C@@H](C)[C@H]1CC[C@H]2[C@@H]3C(OC(C)=O)CC4CC(=O)CC[C@]4(C)[C@H]3CC[C@]12C)C(C)C. The minimum Gasteiger partial charge on any atom is -0.462 e. The molecule has 0 N–H and O–H groups in total. The second kappa shape index (κ2) is 10.4. The Morgan fingerprint density at radius 3 is 2.28 bits per heavy atom. The summed E-state index contributed by atoms with van der Waals surface area (Å²) in [5.41, 5.74) is 0.441. The number of rotatable bonds is 7. The van der Waals surface area contributed by atoms with Crippen LogP contribution in [0.15, 0.2) is 0 Å².